The Morgan fingerprint density at radius 2 is 2.00 bits per heavy atom. The van der Waals surface area contributed by atoms with Crippen LogP contribution in [0.15, 0.2) is 0 Å². The second-order valence-electron chi connectivity index (χ2n) is 5.75. The van der Waals surface area contributed by atoms with E-state index in [2.05, 4.69) is 5.32 Å². The minimum Gasteiger partial charge on any atom is -0.346 e. The maximum Gasteiger partial charge on any atom is 0.405 e. The summed E-state index contributed by atoms with van der Waals surface area (Å²) in [5.74, 6) is -0.454. The zero-order valence-corrected chi connectivity index (χ0v) is 13.2. The van der Waals surface area contributed by atoms with Crippen LogP contribution in [0, 0.1) is 5.92 Å². The number of rotatable bonds is 5. The monoisotopic (exact) mass is 323 g/mol. The maximum atomic E-state index is 12.1. The van der Waals surface area contributed by atoms with Crippen LogP contribution >= 0.6 is 0 Å². The molecule has 3 atom stereocenters. The number of alkyl halides is 3. The molecule has 0 unspecified atom stereocenters. The summed E-state index contributed by atoms with van der Waals surface area (Å²) in [7, 11) is 0. The molecule has 2 N–H and O–H groups in total. The van der Waals surface area contributed by atoms with Gasteiger partial charge in [0.05, 0.1) is 6.04 Å². The Kier molecular flexibility index (Phi) is 6.65. The lowest BCUT2D eigenvalue weighted by atomic mass is 9.89. The lowest BCUT2D eigenvalue weighted by Crippen LogP contribution is -2.55. The van der Waals surface area contributed by atoms with Gasteiger partial charge in [-0.2, -0.15) is 13.2 Å². The molecule has 1 saturated heterocycles. The first-order chi connectivity index (χ1) is 10.1. The largest absolute Gasteiger partial charge is 0.405 e. The van der Waals surface area contributed by atoms with E-state index in [1.54, 1.807) is 11.8 Å². The van der Waals surface area contributed by atoms with Gasteiger partial charge in [0, 0.05) is 26.1 Å². The Labute approximate surface area is 128 Å². The number of nitrogens with zero attached hydrogens (tertiary/aromatic N) is 1. The second kappa shape index (κ2) is 7.80. The second-order valence-corrected chi connectivity index (χ2v) is 5.75. The Balaban J connectivity index is 2.50. The van der Waals surface area contributed by atoms with Crippen molar-refractivity contribution in [1.29, 1.82) is 0 Å². The van der Waals surface area contributed by atoms with Crippen LogP contribution in [-0.4, -0.2) is 54.6 Å². The average molecular weight is 323 g/mol. The van der Waals surface area contributed by atoms with Crippen molar-refractivity contribution in [3.8, 4) is 0 Å². The van der Waals surface area contributed by atoms with Crippen LogP contribution in [0.1, 0.15) is 33.6 Å². The zero-order chi connectivity index (χ0) is 16.9. The highest BCUT2D eigenvalue weighted by Crippen LogP contribution is 2.21. The molecule has 0 aliphatic carbocycles. The van der Waals surface area contributed by atoms with E-state index in [1.807, 2.05) is 12.2 Å². The van der Waals surface area contributed by atoms with Crippen molar-refractivity contribution >= 4 is 11.8 Å². The third kappa shape index (κ3) is 5.82. The SMILES string of the molecule is CC[C@@H]1CN(C(C)=O)CC[C@H]1N[C@@H](C)C(=O)NCC(F)(F)F. The minimum absolute atomic E-state index is 0.0206. The molecule has 5 nitrogen and oxygen atoms in total. The molecule has 1 rings (SSSR count). The number of amides is 2. The molecule has 1 fully saturated rings. The number of nitrogens with one attached hydrogen (secondary N) is 2. The average Bonchev–Trinajstić information content (AvgIpc) is 2.43. The van der Waals surface area contributed by atoms with Crippen LogP contribution in [-0.2, 0) is 9.59 Å². The van der Waals surface area contributed by atoms with E-state index in [0.717, 1.165) is 6.42 Å². The molecule has 1 aliphatic rings. The van der Waals surface area contributed by atoms with Crippen LogP contribution < -0.4 is 10.6 Å². The lowest BCUT2D eigenvalue weighted by molar-refractivity contribution is -0.139. The summed E-state index contributed by atoms with van der Waals surface area (Å²) in [5, 5.41) is 4.98. The van der Waals surface area contributed by atoms with Gasteiger partial charge in [-0.3, -0.25) is 9.59 Å². The number of hydrogen-bond acceptors (Lipinski definition) is 3. The summed E-state index contributed by atoms with van der Waals surface area (Å²) in [4.78, 5) is 24.9. The molecule has 8 heteroatoms. The third-order valence-corrected chi connectivity index (χ3v) is 4.02. The molecule has 0 spiro atoms. The summed E-state index contributed by atoms with van der Waals surface area (Å²) >= 11 is 0. The zero-order valence-electron chi connectivity index (χ0n) is 13.2. The standard InChI is InChI=1S/C14H24F3N3O2/c1-4-11-7-20(10(3)21)6-5-12(11)19-9(2)13(22)18-8-14(15,16)17/h9,11-12,19H,4-8H2,1-3H3,(H,18,22)/t9-,11+,12+/m0/s1. The predicted octanol–water partition coefficient (Wildman–Crippen LogP) is 1.29. The molecule has 0 bridgehead atoms. The van der Waals surface area contributed by atoms with Crippen molar-refractivity contribution in [2.75, 3.05) is 19.6 Å². The Hall–Kier alpha value is -1.31. The normalized spacial score (nSPS) is 24.0. The van der Waals surface area contributed by atoms with E-state index in [4.69, 9.17) is 0 Å². The summed E-state index contributed by atoms with van der Waals surface area (Å²) in [5.41, 5.74) is 0. The minimum atomic E-state index is -4.41. The summed E-state index contributed by atoms with van der Waals surface area (Å²) < 4.78 is 36.3. The molecular formula is C14H24F3N3O2. The van der Waals surface area contributed by atoms with Gasteiger partial charge < -0.3 is 15.5 Å². The number of hydrogen-bond donors (Lipinski definition) is 2. The van der Waals surface area contributed by atoms with E-state index < -0.39 is 24.7 Å². The molecule has 0 aromatic carbocycles. The lowest BCUT2D eigenvalue weighted by Gasteiger charge is -2.39. The molecule has 2 amide bonds. The van der Waals surface area contributed by atoms with E-state index >= 15 is 0 Å². The van der Waals surface area contributed by atoms with E-state index in [9.17, 15) is 22.8 Å². The quantitative estimate of drug-likeness (QED) is 0.801. The maximum absolute atomic E-state index is 12.1. The first-order valence-corrected chi connectivity index (χ1v) is 7.50. The molecule has 22 heavy (non-hydrogen) atoms. The topological polar surface area (TPSA) is 61.4 Å². The van der Waals surface area contributed by atoms with Gasteiger partial charge in [0.25, 0.3) is 0 Å². The number of halogens is 3. The van der Waals surface area contributed by atoms with Crippen LogP contribution in [0.3, 0.4) is 0 Å². The van der Waals surface area contributed by atoms with Crippen molar-refractivity contribution in [3.63, 3.8) is 0 Å². The van der Waals surface area contributed by atoms with Crippen molar-refractivity contribution in [2.45, 2.75) is 51.9 Å². The van der Waals surface area contributed by atoms with Gasteiger partial charge >= 0.3 is 6.18 Å². The molecule has 1 heterocycles. The van der Waals surface area contributed by atoms with Crippen molar-refractivity contribution in [1.82, 2.24) is 15.5 Å². The molecule has 0 aromatic heterocycles. The van der Waals surface area contributed by atoms with Gasteiger partial charge in [-0.1, -0.05) is 13.3 Å². The van der Waals surface area contributed by atoms with Gasteiger partial charge in [-0.05, 0) is 19.3 Å². The molecular weight excluding hydrogens is 299 g/mol. The third-order valence-electron chi connectivity index (χ3n) is 4.02. The fraction of sp³-hybridized carbons (Fsp3) is 0.857. The van der Waals surface area contributed by atoms with Crippen LogP contribution in [0.5, 0.6) is 0 Å². The highest BCUT2D eigenvalue weighted by molar-refractivity contribution is 5.81. The molecule has 0 saturated carbocycles. The molecule has 1 aliphatic heterocycles. The van der Waals surface area contributed by atoms with Gasteiger partial charge in [-0.15, -0.1) is 0 Å². The molecule has 128 valence electrons. The van der Waals surface area contributed by atoms with Crippen LogP contribution in [0.2, 0.25) is 0 Å². The van der Waals surface area contributed by atoms with Gasteiger partial charge in [0.2, 0.25) is 11.8 Å². The molecule has 0 aromatic rings. The highest BCUT2D eigenvalue weighted by Gasteiger charge is 2.32. The van der Waals surface area contributed by atoms with Crippen molar-refractivity contribution in [2.24, 2.45) is 5.92 Å². The van der Waals surface area contributed by atoms with Crippen molar-refractivity contribution in [3.05, 3.63) is 0 Å². The Morgan fingerprint density at radius 3 is 2.50 bits per heavy atom. The number of carbonyl (C=O) groups is 2. The predicted molar refractivity (Wildman–Crippen MR) is 76.1 cm³/mol. The van der Waals surface area contributed by atoms with Crippen LogP contribution in [0.4, 0.5) is 13.2 Å². The smallest absolute Gasteiger partial charge is 0.346 e. The fourth-order valence-electron chi connectivity index (χ4n) is 2.69. The highest BCUT2D eigenvalue weighted by atomic mass is 19.4. The Morgan fingerprint density at radius 1 is 1.36 bits per heavy atom. The summed E-state index contributed by atoms with van der Waals surface area (Å²) in [6.45, 7) is 4.96. The summed E-state index contributed by atoms with van der Waals surface area (Å²) in [6.07, 6.45) is -2.89. The first kappa shape index (κ1) is 18.7. The summed E-state index contributed by atoms with van der Waals surface area (Å²) in [6, 6.07) is -0.683. The van der Waals surface area contributed by atoms with E-state index in [0.29, 0.717) is 19.5 Å². The number of piperidine rings is 1. The van der Waals surface area contributed by atoms with E-state index in [1.165, 1.54) is 6.92 Å². The fourth-order valence-corrected chi connectivity index (χ4v) is 2.69. The van der Waals surface area contributed by atoms with Gasteiger partial charge in [0.1, 0.15) is 6.54 Å². The van der Waals surface area contributed by atoms with Crippen molar-refractivity contribution < 1.29 is 22.8 Å². The molecule has 0 radical (unpaired) electrons. The Bertz CT molecular complexity index is 401. The first-order valence-electron chi connectivity index (χ1n) is 7.50. The van der Waals surface area contributed by atoms with Gasteiger partial charge in [0.15, 0.2) is 0 Å². The number of likely N-dealkylation sites (tertiary alicyclic amines) is 1. The van der Waals surface area contributed by atoms with Crippen LogP contribution in [0.25, 0.3) is 0 Å². The number of carbonyl (C=O) groups excluding carboxylic acids is 2. The van der Waals surface area contributed by atoms with E-state index in [-0.39, 0.29) is 17.9 Å². The van der Waals surface area contributed by atoms with Gasteiger partial charge in [-0.25, -0.2) is 0 Å².